The van der Waals surface area contributed by atoms with Crippen LogP contribution in [0.3, 0.4) is 0 Å². The van der Waals surface area contributed by atoms with Crippen molar-refractivity contribution in [3.63, 3.8) is 0 Å². The Labute approximate surface area is 228 Å². The fourth-order valence-corrected chi connectivity index (χ4v) is 5.86. The summed E-state index contributed by atoms with van der Waals surface area (Å²) in [4.78, 5) is 15.7. The first-order valence-electron chi connectivity index (χ1n) is 13.9. The highest BCUT2D eigenvalue weighted by Crippen LogP contribution is 2.35. The Kier molecular flexibility index (Phi) is 7.24. The average Bonchev–Trinajstić information content (AvgIpc) is 3.31. The molecule has 1 saturated heterocycles. The van der Waals surface area contributed by atoms with Crippen molar-refractivity contribution in [2.75, 3.05) is 23.3 Å². The zero-order valence-electron chi connectivity index (χ0n) is 22.2. The van der Waals surface area contributed by atoms with Crippen molar-refractivity contribution in [2.45, 2.75) is 64.0 Å². The maximum Gasteiger partial charge on any atom is 0.229 e. The highest BCUT2D eigenvalue weighted by molar-refractivity contribution is 5.64. The molecule has 1 atom stereocenters. The van der Waals surface area contributed by atoms with Crippen LogP contribution in [-0.2, 0) is 13.2 Å². The van der Waals surface area contributed by atoms with Crippen LogP contribution in [0.2, 0.25) is 0 Å². The van der Waals surface area contributed by atoms with Gasteiger partial charge in [-0.2, -0.15) is 5.10 Å². The zero-order valence-corrected chi connectivity index (χ0v) is 22.2. The second-order valence-corrected chi connectivity index (χ2v) is 10.6. The summed E-state index contributed by atoms with van der Waals surface area (Å²) in [7, 11) is 0. The number of nitrogens with one attached hydrogen (secondary N) is 1. The lowest BCUT2D eigenvalue weighted by molar-refractivity contribution is 0.282. The predicted octanol–water partition coefficient (Wildman–Crippen LogP) is 5.78. The van der Waals surface area contributed by atoms with Crippen molar-refractivity contribution >= 4 is 17.5 Å². The number of rotatable bonds is 6. The van der Waals surface area contributed by atoms with Crippen LogP contribution in [0.25, 0.3) is 11.3 Å². The first kappa shape index (κ1) is 25.4. The highest BCUT2D eigenvalue weighted by Gasteiger charge is 2.24. The van der Waals surface area contributed by atoms with Crippen LogP contribution in [-0.4, -0.2) is 42.9 Å². The Bertz CT molecular complexity index is 1410. The normalized spacial score (nSPS) is 18.0. The van der Waals surface area contributed by atoms with Crippen molar-refractivity contribution in [3.05, 3.63) is 77.6 Å². The average molecular weight is 528 g/mol. The molecule has 202 valence electrons. The quantitative estimate of drug-likeness (QED) is 0.328. The number of hydrogen-bond acceptors (Lipinski definition) is 7. The van der Waals surface area contributed by atoms with E-state index >= 15 is 0 Å². The monoisotopic (exact) mass is 527 g/mol. The highest BCUT2D eigenvalue weighted by atomic mass is 19.1. The molecular formula is C30H34FN7O. The summed E-state index contributed by atoms with van der Waals surface area (Å²) < 4.78 is 16.9. The summed E-state index contributed by atoms with van der Waals surface area (Å²) in [6.45, 7) is 5.05. The molecule has 1 fully saturated rings. The number of hydrogen-bond donors (Lipinski definition) is 2. The Morgan fingerprint density at radius 2 is 1.77 bits per heavy atom. The van der Waals surface area contributed by atoms with Crippen molar-refractivity contribution < 1.29 is 9.50 Å². The van der Waals surface area contributed by atoms with E-state index in [1.54, 1.807) is 6.20 Å². The Morgan fingerprint density at radius 3 is 2.51 bits per heavy atom. The largest absolute Gasteiger partial charge is 0.392 e. The number of benzene rings is 1. The van der Waals surface area contributed by atoms with Gasteiger partial charge in [0, 0.05) is 37.1 Å². The van der Waals surface area contributed by atoms with Crippen LogP contribution in [0.5, 0.6) is 0 Å². The van der Waals surface area contributed by atoms with E-state index in [0.717, 1.165) is 68.6 Å². The molecule has 9 heteroatoms. The lowest BCUT2D eigenvalue weighted by Crippen LogP contribution is -2.32. The van der Waals surface area contributed by atoms with Crippen LogP contribution in [0.1, 0.15) is 67.7 Å². The van der Waals surface area contributed by atoms with Crippen molar-refractivity contribution in [1.29, 1.82) is 0 Å². The van der Waals surface area contributed by atoms with Gasteiger partial charge in [-0.05, 0) is 66.8 Å². The number of aryl methyl sites for hydroxylation is 1. The molecule has 0 aliphatic carbocycles. The number of nitrogens with zero attached hydrogens (tertiary/aromatic N) is 6. The van der Waals surface area contributed by atoms with E-state index in [-0.39, 0.29) is 12.3 Å². The van der Waals surface area contributed by atoms with Gasteiger partial charge in [-0.1, -0.05) is 31.5 Å². The minimum atomic E-state index is -0.452. The molecule has 0 saturated carbocycles. The summed E-state index contributed by atoms with van der Waals surface area (Å²) >= 11 is 0. The number of fused-ring (bicyclic) bond motifs is 1. The minimum Gasteiger partial charge on any atom is -0.392 e. The van der Waals surface area contributed by atoms with E-state index in [2.05, 4.69) is 55.4 Å². The first-order chi connectivity index (χ1) is 19.1. The number of halogens is 1. The van der Waals surface area contributed by atoms with Gasteiger partial charge < -0.3 is 15.3 Å². The molecule has 2 aliphatic heterocycles. The second-order valence-electron chi connectivity index (χ2n) is 10.6. The molecule has 39 heavy (non-hydrogen) atoms. The number of aliphatic hydroxyl groups excluding tert-OH is 1. The molecule has 0 spiro atoms. The van der Waals surface area contributed by atoms with Crippen LogP contribution in [0, 0.1) is 5.82 Å². The topological polar surface area (TPSA) is 92.0 Å². The van der Waals surface area contributed by atoms with E-state index in [9.17, 15) is 9.50 Å². The van der Waals surface area contributed by atoms with Crippen molar-refractivity contribution in [1.82, 2.24) is 24.7 Å². The second kappa shape index (κ2) is 11.1. The molecule has 5 heterocycles. The smallest absolute Gasteiger partial charge is 0.229 e. The molecule has 4 aromatic rings. The van der Waals surface area contributed by atoms with Gasteiger partial charge in [-0.15, -0.1) is 0 Å². The van der Waals surface area contributed by atoms with Crippen LogP contribution >= 0.6 is 0 Å². The third-order valence-corrected chi connectivity index (χ3v) is 8.08. The van der Waals surface area contributed by atoms with Crippen molar-refractivity contribution in [3.8, 4) is 11.3 Å². The predicted molar refractivity (Wildman–Crippen MR) is 150 cm³/mol. The summed E-state index contributed by atoms with van der Waals surface area (Å²) in [5.74, 6) is 1.23. The molecule has 0 unspecified atom stereocenters. The van der Waals surface area contributed by atoms with Gasteiger partial charge in [0.25, 0.3) is 0 Å². The van der Waals surface area contributed by atoms with Crippen molar-refractivity contribution in [2.24, 2.45) is 0 Å². The Morgan fingerprint density at radius 1 is 0.949 bits per heavy atom. The molecule has 1 aromatic carbocycles. The van der Waals surface area contributed by atoms with Crippen LogP contribution < -0.4 is 10.2 Å². The molecule has 6 rings (SSSR count). The third-order valence-electron chi connectivity index (χ3n) is 8.08. The van der Waals surface area contributed by atoms with Gasteiger partial charge >= 0.3 is 0 Å². The fourth-order valence-electron chi connectivity index (χ4n) is 5.86. The van der Waals surface area contributed by atoms with E-state index in [1.807, 2.05) is 29.1 Å². The summed E-state index contributed by atoms with van der Waals surface area (Å²) in [6.07, 6.45) is 10.3. The number of pyridine rings is 1. The molecule has 0 radical (unpaired) electrons. The lowest BCUT2D eigenvalue weighted by atomic mass is 9.90. The first-order valence-corrected chi connectivity index (χ1v) is 13.9. The van der Waals surface area contributed by atoms with E-state index in [4.69, 9.17) is 0 Å². The third kappa shape index (κ3) is 5.36. The van der Waals surface area contributed by atoms with Gasteiger partial charge in [0.05, 0.1) is 24.7 Å². The van der Waals surface area contributed by atoms with E-state index in [1.165, 1.54) is 17.4 Å². The van der Waals surface area contributed by atoms with E-state index in [0.29, 0.717) is 23.6 Å². The standard InChI is InChI=1S/C30H34FN7O/c1-20-4-2-3-13-38-29(20)25(17-34-38)28-26(31)18-33-30(36-28)35-27-10-7-23(16-32-27)22-11-14-37(15-12-22)24-8-5-21(19-39)6-9-24/h5-10,16-18,20,22,39H,2-4,11-15,19H2,1H3,(H,32,33,35,36)/t20-/m1/s1. The number of anilines is 3. The van der Waals surface area contributed by atoms with Gasteiger partial charge in [-0.25, -0.2) is 19.3 Å². The minimum absolute atomic E-state index is 0.0700. The zero-order chi connectivity index (χ0) is 26.8. The maximum absolute atomic E-state index is 14.9. The summed E-state index contributed by atoms with van der Waals surface area (Å²) in [5.41, 5.74) is 5.41. The SMILES string of the molecule is C[C@@H]1CCCCn2ncc(-c3nc(Nc4ccc(C5CCN(c6ccc(CO)cc6)CC5)cn4)ncc3F)c21. The molecule has 0 amide bonds. The number of piperidine rings is 1. The van der Waals surface area contributed by atoms with Crippen LogP contribution in [0.4, 0.5) is 21.8 Å². The molecule has 8 nitrogen and oxygen atoms in total. The molecule has 0 bridgehead atoms. The van der Waals surface area contributed by atoms with E-state index < -0.39 is 5.82 Å². The van der Waals surface area contributed by atoms with Gasteiger partial charge in [0.2, 0.25) is 5.95 Å². The molecule has 2 N–H and O–H groups in total. The maximum atomic E-state index is 14.9. The molecule has 3 aromatic heterocycles. The summed E-state index contributed by atoms with van der Waals surface area (Å²) in [6, 6.07) is 12.2. The number of aromatic nitrogens is 5. The van der Waals surface area contributed by atoms with Gasteiger partial charge in [0.15, 0.2) is 5.82 Å². The Balaban J connectivity index is 1.12. The Hall–Kier alpha value is -3.85. The lowest BCUT2D eigenvalue weighted by Gasteiger charge is -2.33. The summed E-state index contributed by atoms with van der Waals surface area (Å²) in [5, 5.41) is 16.9. The molecular weight excluding hydrogens is 493 g/mol. The van der Waals surface area contributed by atoms with Gasteiger partial charge in [0.1, 0.15) is 11.5 Å². The fraction of sp³-hybridized carbons (Fsp3) is 0.400. The van der Waals surface area contributed by atoms with Crippen LogP contribution in [0.15, 0.2) is 55.0 Å². The molecule has 2 aliphatic rings. The van der Waals surface area contributed by atoms with Gasteiger partial charge in [-0.3, -0.25) is 4.68 Å². The number of aliphatic hydroxyl groups is 1.